The van der Waals surface area contributed by atoms with E-state index in [1.807, 2.05) is 0 Å². The third-order valence-corrected chi connectivity index (χ3v) is 5.42. The second-order valence-electron chi connectivity index (χ2n) is 7.27. The summed E-state index contributed by atoms with van der Waals surface area (Å²) in [5, 5.41) is 14.4. The minimum Gasteiger partial charge on any atom is -0.453 e. The Kier molecular flexibility index (Phi) is 4.42. The first-order valence-electron chi connectivity index (χ1n) is 9.69. The summed E-state index contributed by atoms with van der Waals surface area (Å²) in [7, 11) is 1.24. The first-order chi connectivity index (χ1) is 15.4. The van der Waals surface area contributed by atoms with Crippen molar-refractivity contribution in [2.45, 2.75) is 5.72 Å². The van der Waals surface area contributed by atoms with Crippen LogP contribution in [0.3, 0.4) is 0 Å². The highest BCUT2D eigenvalue weighted by Gasteiger charge is 2.50. The smallest absolute Gasteiger partial charge is 0.413 e. The Bertz CT molecular complexity index is 1390. The van der Waals surface area contributed by atoms with Crippen LogP contribution in [-0.2, 0) is 10.5 Å². The Morgan fingerprint density at radius 2 is 1.97 bits per heavy atom. The van der Waals surface area contributed by atoms with E-state index < -0.39 is 23.5 Å². The lowest BCUT2D eigenvalue weighted by Crippen LogP contribution is -2.45. The normalized spacial score (nSPS) is 17.5. The maximum Gasteiger partial charge on any atom is 0.413 e. The quantitative estimate of drug-likeness (QED) is 0.457. The number of ether oxygens (including phenoxy) is 1. The van der Waals surface area contributed by atoms with Crippen LogP contribution in [0.5, 0.6) is 0 Å². The van der Waals surface area contributed by atoms with Crippen molar-refractivity contribution in [1.29, 1.82) is 0 Å². The number of imidazole rings is 1. The summed E-state index contributed by atoms with van der Waals surface area (Å²) in [5.41, 5.74) is 0.416. The number of aromatic nitrogens is 2. The molecule has 0 spiro atoms. The van der Waals surface area contributed by atoms with Gasteiger partial charge in [0, 0.05) is 16.7 Å². The van der Waals surface area contributed by atoms with Gasteiger partial charge >= 0.3 is 6.09 Å². The predicted molar refractivity (Wildman–Crippen MR) is 115 cm³/mol. The minimum atomic E-state index is -1.89. The highest BCUT2D eigenvalue weighted by molar-refractivity contribution is 6.12. The standard InChI is InChI=1S/C23H17FN4O4/c1-32-22(30)27-21-25-18-10-9-13(11-19(18)26-21)23(31)17-8-3-2-7-16(17)20(29)28(23)15-6-4-5-14(24)12-15/h2-12,31H,1H3,(H2,25,26,27,30). The number of hydrogen-bond donors (Lipinski definition) is 3. The summed E-state index contributed by atoms with van der Waals surface area (Å²) >= 11 is 0. The fraction of sp³-hybridized carbons (Fsp3) is 0.0870. The maximum atomic E-state index is 14.0. The molecule has 0 fully saturated rings. The lowest BCUT2D eigenvalue weighted by molar-refractivity contribution is 0.0704. The Hall–Kier alpha value is -4.24. The number of hydrogen-bond acceptors (Lipinski definition) is 5. The number of carbonyl (C=O) groups is 2. The SMILES string of the molecule is COC(=O)Nc1nc2ccc(C3(O)c4ccccc4C(=O)N3c3cccc(F)c3)cc2[nH]1. The Labute approximate surface area is 181 Å². The second kappa shape index (κ2) is 7.17. The molecule has 1 aliphatic rings. The molecule has 0 bridgehead atoms. The molecule has 160 valence electrons. The highest BCUT2D eigenvalue weighted by Crippen LogP contribution is 2.45. The Morgan fingerprint density at radius 3 is 2.75 bits per heavy atom. The molecule has 1 aliphatic heterocycles. The van der Waals surface area contributed by atoms with Crippen molar-refractivity contribution in [3.63, 3.8) is 0 Å². The van der Waals surface area contributed by atoms with E-state index in [-0.39, 0.29) is 11.6 Å². The molecule has 2 amide bonds. The van der Waals surface area contributed by atoms with Crippen LogP contribution in [-0.4, -0.2) is 34.2 Å². The molecule has 0 saturated carbocycles. The average Bonchev–Trinajstić information content (AvgIpc) is 3.29. The molecular formula is C23H17FN4O4. The van der Waals surface area contributed by atoms with Crippen molar-refractivity contribution < 1.29 is 23.8 Å². The van der Waals surface area contributed by atoms with Crippen LogP contribution >= 0.6 is 0 Å². The number of rotatable bonds is 3. The fourth-order valence-corrected chi connectivity index (χ4v) is 4.00. The molecule has 32 heavy (non-hydrogen) atoms. The van der Waals surface area contributed by atoms with Gasteiger partial charge in [-0.15, -0.1) is 0 Å². The van der Waals surface area contributed by atoms with Crippen LogP contribution < -0.4 is 10.2 Å². The lowest BCUT2D eigenvalue weighted by atomic mass is 9.93. The summed E-state index contributed by atoms with van der Waals surface area (Å²) in [6, 6.07) is 17.1. The van der Waals surface area contributed by atoms with Crippen LogP contribution in [0.1, 0.15) is 21.5 Å². The fourth-order valence-electron chi connectivity index (χ4n) is 4.00. The number of nitrogens with one attached hydrogen (secondary N) is 2. The average molecular weight is 432 g/mol. The zero-order chi connectivity index (χ0) is 22.5. The Balaban J connectivity index is 1.68. The number of aliphatic hydroxyl groups is 1. The van der Waals surface area contributed by atoms with E-state index in [2.05, 4.69) is 20.0 Å². The maximum absolute atomic E-state index is 14.0. The van der Waals surface area contributed by atoms with E-state index in [1.54, 1.807) is 48.5 Å². The number of nitrogens with zero attached hydrogens (tertiary/aromatic N) is 2. The van der Waals surface area contributed by atoms with Crippen molar-refractivity contribution in [1.82, 2.24) is 9.97 Å². The molecule has 8 nitrogen and oxygen atoms in total. The number of aromatic amines is 1. The Morgan fingerprint density at radius 1 is 1.16 bits per heavy atom. The van der Waals surface area contributed by atoms with Gasteiger partial charge in [-0.2, -0.15) is 0 Å². The molecule has 1 aromatic heterocycles. The van der Waals surface area contributed by atoms with Gasteiger partial charge in [-0.05, 0) is 36.4 Å². The van der Waals surface area contributed by atoms with Gasteiger partial charge in [0.25, 0.3) is 5.91 Å². The molecule has 4 aromatic rings. The number of benzene rings is 3. The molecule has 9 heteroatoms. The molecule has 3 aromatic carbocycles. The number of anilines is 2. The second-order valence-corrected chi connectivity index (χ2v) is 7.27. The topological polar surface area (TPSA) is 108 Å². The van der Waals surface area contributed by atoms with Gasteiger partial charge in [-0.25, -0.2) is 14.2 Å². The number of fused-ring (bicyclic) bond motifs is 2. The van der Waals surface area contributed by atoms with Crippen LogP contribution in [0.2, 0.25) is 0 Å². The molecule has 3 N–H and O–H groups in total. The van der Waals surface area contributed by atoms with Crippen LogP contribution in [0, 0.1) is 5.82 Å². The van der Waals surface area contributed by atoms with E-state index in [1.165, 1.54) is 30.2 Å². The summed E-state index contributed by atoms with van der Waals surface area (Å²) in [6.07, 6.45) is -0.685. The number of H-pyrrole nitrogens is 1. The van der Waals surface area contributed by atoms with Crippen LogP contribution in [0.4, 0.5) is 20.8 Å². The van der Waals surface area contributed by atoms with Gasteiger partial charge in [-0.1, -0.05) is 30.3 Å². The predicted octanol–water partition coefficient (Wildman–Crippen LogP) is 3.73. The number of carbonyl (C=O) groups excluding carboxylic acids is 2. The van der Waals surface area contributed by atoms with E-state index in [0.29, 0.717) is 27.7 Å². The summed E-state index contributed by atoms with van der Waals surface area (Å²) in [4.78, 5) is 33.1. The first-order valence-corrected chi connectivity index (χ1v) is 9.69. The van der Waals surface area contributed by atoms with Gasteiger partial charge in [0.05, 0.1) is 23.8 Å². The summed E-state index contributed by atoms with van der Waals surface area (Å²) < 4.78 is 18.6. The van der Waals surface area contributed by atoms with E-state index in [9.17, 15) is 19.1 Å². The minimum absolute atomic E-state index is 0.167. The van der Waals surface area contributed by atoms with Crippen LogP contribution in [0.25, 0.3) is 11.0 Å². The lowest BCUT2D eigenvalue weighted by Gasteiger charge is -2.34. The number of methoxy groups -OCH3 is 1. The van der Waals surface area contributed by atoms with Gasteiger partial charge in [0.1, 0.15) is 5.82 Å². The van der Waals surface area contributed by atoms with Gasteiger partial charge in [-0.3, -0.25) is 15.0 Å². The van der Waals surface area contributed by atoms with Crippen LogP contribution in [0.15, 0.2) is 66.7 Å². The molecule has 0 aliphatic carbocycles. The van der Waals surface area contributed by atoms with Crippen molar-refractivity contribution in [3.8, 4) is 0 Å². The largest absolute Gasteiger partial charge is 0.453 e. The van der Waals surface area contributed by atoms with Gasteiger partial charge < -0.3 is 14.8 Å². The summed E-state index contributed by atoms with van der Waals surface area (Å²) in [6.45, 7) is 0. The van der Waals surface area contributed by atoms with Crippen molar-refractivity contribution in [2.24, 2.45) is 0 Å². The molecule has 1 unspecified atom stereocenters. The molecule has 0 saturated heterocycles. The monoisotopic (exact) mass is 432 g/mol. The van der Waals surface area contributed by atoms with E-state index >= 15 is 0 Å². The molecule has 2 heterocycles. The highest BCUT2D eigenvalue weighted by atomic mass is 19.1. The van der Waals surface area contributed by atoms with Gasteiger partial charge in [0.2, 0.25) is 5.95 Å². The third kappa shape index (κ3) is 2.90. The molecular weight excluding hydrogens is 415 g/mol. The number of halogens is 1. The van der Waals surface area contributed by atoms with Crippen molar-refractivity contribution >= 4 is 34.7 Å². The molecule has 1 atom stereocenters. The zero-order valence-electron chi connectivity index (χ0n) is 16.8. The van der Waals surface area contributed by atoms with Gasteiger partial charge in [0.15, 0.2) is 5.72 Å². The molecule has 0 radical (unpaired) electrons. The zero-order valence-corrected chi connectivity index (χ0v) is 16.8. The first kappa shape index (κ1) is 19.7. The van der Waals surface area contributed by atoms with E-state index in [4.69, 9.17) is 0 Å². The third-order valence-electron chi connectivity index (χ3n) is 5.42. The number of amides is 2. The summed E-state index contributed by atoms with van der Waals surface area (Å²) in [5.74, 6) is -0.816. The molecule has 5 rings (SSSR count). The van der Waals surface area contributed by atoms with Crippen molar-refractivity contribution in [3.05, 3.63) is 89.2 Å². The van der Waals surface area contributed by atoms with E-state index in [0.717, 1.165) is 0 Å². The van der Waals surface area contributed by atoms with Crippen molar-refractivity contribution in [2.75, 3.05) is 17.3 Å².